The van der Waals surface area contributed by atoms with Gasteiger partial charge in [0.25, 0.3) is 0 Å². The smallest absolute Gasteiger partial charge is 0.314 e. The number of hydrogen-bond donors (Lipinski definition) is 3. The zero-order valence-electron chi connectivity index (χ0n) is 25.8. The lowest BCUT2D eigenvalue weighted by molar-refractivity contribution is 0.241. The number of nitrogens with one attached hydrogen (secondary N) is 2. The van der Waals surface area contributed by atoms with E-state index < -0.39 is 0 Å². The fourth-order valence-corrected chi connectivity index (χ4v) is 5.33. The first kappa shape index (κ1) is 35.3. The van der Waals surface area contributed by atoms with Crippen LogP contribution in [0.1, 0.15) is 167 Å². The lowest BCUT2D eigenvalue weighted by Crippen LogP contribution is -2.37. The molecule has 0 saturated heterocycles. The molecule has 2 amide bonds. The highest BCUT2D eigenvalue weighted by Gasteiger charge is 2.00. The Morgan fingerprint density at radius 2 is 0.846 bits per heavy atom. The zero-order valence-corrected chi connectivity index (χ0v) is 25.8. The third kappa shape index (κ3) is 25.0. The minimum absolute atomic E-state index is 0.0807. The molecule has 0 aliphatic heterocycles. The Labute approximate surface area is 242 Å². The Hall–Kier alpha value is -1.71. The van der Waals surface area contributed by atoms with E-state index in [1.165, 1.54) is 148 Å². The highest BCUT2D eigenvalue weighted by Crippen LogP contribution is 2.15. The molecule has 226 valence electrons. The number of carbonyl (C=O) groups is 1. The number of phenols is 1. The van der Waals surface area contributed by atoms with Gasteiger partial charge in [-0.1, -0.05) is 167 Å². The van der Waals surface area contributed by atoms with Gasteiger partial charge in [0.15, 0.2) is 0 Å². The summed E-state index contributed by atoms with van der Waals surface area (Å²) in [6.07, 6.45) is 34.4. The molecule has 0 unspecified atom stereocenters. The van der Waals surface area contributed by atoms with Crippen molar-refractivity contribution in [1.82, 2.24) is 10.6 Å². The zero-order chi connectivity index (χ0) is 28.1. The molecule has 0 aromatic heterocycles. The summed E-state index contributed by atoms with van der Waals surface area (Å²) in [4.78, 5) is 11.9. The molecule has 4 heteroatoms. The monoisotopic (exact) mass is 544 g/mol. The molecule has 39 heavy (non-hydrogen) atoms. The predicted molar refractivity (Wildman–Crippen MR) is 170 cm³/mol. The Morgan fingerprint density at radius 1 is 0.513 bits per heavy atom. The Balaban J connectivity index is 1.69. The normalized spacial score (nSPS) is 11.1. The van der Waals surface area contributed by atoms with Gasteiger partial charge in [-0.25, -0.2) is 4.79 Å². The fourth-order valence-electron chi connectivity index (χ4n) is 5.33. The maximum Gasteiger partial charge on any atom is 0.314 e. The van der Waals surface area contributed by atoms with Crippen LogP contribution in [0.4, 0.5) is 4.79 Å². The topological polar surface area (TPSA) is 61.4 Å². The number of urea groups is 1. The van der Waals surface area contributed by atoms with Gasteiger partial charge in [0.1, 0.15) is 5.75 Å². The molecule has 0 fully saturated rings. The van der Waals surface area contributed by atoms with Crippen molar-refractivity contribution >= 4 is 6.03 Å². The third-order valence-corrected chi connectivity index (χ3v) is 7.95. The molecular formula is C35H64N2O2. The Morgan fingerprint density at radius 3 is 1.23 bits per heavy atom. The van der Waals surface area contributed by atoms with Crippen LogP contribution in [0, 0.1) is 0 Å². The van der Waals surface area contributed by atoms with Gasteiger partial charge in [-0.05, 0) is 30.5 Å². The van der Waals surface area contributed by atoms with Gasteiger partial charge in [0.2, 0.25) is 0 Å². The van der Waals surface area contributed by atoms with Crippen LogP contribution < -0.4 is 10.6 Å². The number of carbonyl (C=O) groups excluding carboxylic acids is 1. The molecule has 4 nitrogen and oxygen atoms in total. The van der Waals surface area contributed by atoms with Gasteiger partial charge in [0, 0.05) is 13.1 Å². The molecule has 0 spiro atoms. The Bertz CT molecular complexity index is 647. The van der Waals surface area contributed by atoms with E-state index in [0.29, 0.717) is 6.54 Å². The fraction of sp³-hybridized carbons (Fsp3) is 0.800. The number of phenolic OH excluding ortho intramolecular Hbond substituents is 1. The van der Waals surface area contributed by atoms with Gasteiger partial charge in [-0.15, -0.1) is 0 Å². The van der Waals surface area contributed by atoms with Crippen molar-refractivity contribution in [3.8, 4) is 5.75 Å². The van der Waals surface area contributed by atoms with E-state index in [-0.39, 0.29) is 11.8 Å². The lowest BCUT2D eigenvalue weighted by atomic mass is 10.0. The summed E-state index contributed by atoms with van der Waals surface area (Å²) < 4.78 is 0. The summed E-state index contributed by atoms with van der Waals surface area (Å²) in [6, 6.07) is 7.05. The number of benzene rings is 1. The Kier molecular flexibility index (Phi) is 25.2. The number of aromatic hydroxyl groups is 1. The number of amides is 2. The lowest BCUT2D eigenvalue weighted by Gasteiger charge is -2.08. The van der Waals surface area contributed by atoms with E-state index in [9.17, 15) is 9.90 Å². The van der Waals surface area contributed by atoms with Crippen LogP contribution in [0.3, 0.4) is 0 Å². The molecule has 0 saturated carbocycles. The summed E-state index contributed by atoms with van der Waals surface area (Å²) in [6.45, 7) is 3.66. The summed E-state index contributed by atoms with van der Waals surface area (Å²) in [5, 5.41) is 15.2. The van der Waals surface area contributed by atoms with Gasteiger partial charge in [0.05, 0.1) is 0 Å². The highest BCUT2D eigenvalue weighted by molar-refractivity contribution is 5.73. The van der Waals surface area contributed by atoms with E-state index in [1.807, 2.05) is 12.1 Å². The van der Waals surface area contributed by atoms with E-state index in [2.05, 4.69) is 17.6 Å². The standard InChI is InChI=1S/C35H64N2O2/c1-2-3-4-5-6-7-8-9-10-11-12-13-14-15-16-17-18-19-20-21-22-23-24-25-31-36-35(39)37-32-30-33-26-28-34(38)29-27-33/h26-29,38H,2-25,30-32H2,1H3,(H2,36,37,39). The van der Waals surface area contributed by atoms with Gasteiger partial charge in [-0.2, -0.15) is 0 Å². The van der Waals surface area contributed by atoms with E-state index in [1.54, 1.807) is 12.1 Å². The molecule has 0 bridgehead atoms. The first-order valence-corrected chi connectivity index (χ1v) is 17.0. The minimum Gasteiger partial charge on any atom is -0.508 e. The largest absolute Gasteiger partial charge is 0.508 e. The molecule has 0 radical (unpaired) electrons. The predicted octanol–water partition coefficient (Wildman–Crippen LogP) is 10.6. The van der Waals surface area contributed by atoms with Crippen molar-refractivity contribution in [2.24, 2.45) is 0 Å². The van der Waals surface area contributed by atoms with E-state index in [0.717, 1.165) is 24.9 Å². The molecule has 1 aromatic carbocycles. The first-order valence-electron chi connectivity index (χ1n) is 17.0. The quantitative estimate of drug-likeness (QED) is 0.0919. The average molecular weight is 545 g/mol. The van der Waals surface area contributed by atoms with Gasteiger partial charge >= 0.3 is 6.03 Å². The summed E-state index contributed by atoms with van der Waals surface area (Å²) >= 11 is 0. The minimum atomic E-state index is -0.0807. The van der Waals surface area contributed by atoms with Crippen LogP contribution in [0.15, 0.2) is 24.3 Å². The molecule has 1 rings (SSSR count). The molecule has 0 aliphatic carbocycles. The molecular weight excluding hydrogens is 480 g/mol. The second-order valence-electron chi connectivity index (χ2n) is 11.7. The summed E-state index contributed by atoms with van der Waals surface area (Å²) in [7, 11) is 0. The summed E-state index contributed by atoms with van der Waals surface area (Å²) in [5.41, 5.74) is 1.11. The van der Waals surface area contributed by atoms with Crippen LogP contribution >= 0.6 is 0 Å². The van der Waals surface area contributed by atoms with Crippen molar-refractivity contribution in [2.45, 2.75) is 167 Å². The average Bonchev–Trinajstić information content (AvgIpc) is 2.94. The molecule has 0 atom stereocenters. The number of unbranched alkanes of at least 4 members (excludes halogenated alkanes) is 23. The number of hydrogen-bond acceptors (Lipinski definition) is 2. The van der Waals surface area contributed by atoms with Crippen molar-refractivity contribution in [3.05, 3.63) is 29.8 Å². The molecule has 0 heterocycles. The van der Waals surface area contributed by atoms with Gasteiger partial charge in [-0.3, -0.25) is 0 Å². The third-order valence-electron chi connectivity index (χ3n) is 7.95. The van der Waals surface area contributed by atoms with E-state index >= 15 is 0 Å². The van der Waals surface area contributed by atoms with Crippen LogP contribution in [0.5, 0.6) is 5.75 Å². The van der Waals surface area contributed by atoms with Crippen LogP contribution in [0.2, 0.25) is 0 Å². The number of rotatable bonds is 28. The first-order chi connectivity index (χ1) is 19.2. The van der Waals surface area contributed by atoms with Crippen LogP contribution in [-0.4, -0.2) is 24.2 Å². The van der Waals surface area contributed by atoms with Crippen molar-refractivity contribution in [3.63, 3.8) is 0 Å². The molecule has 0 aliphatic rings. The van der Waals surface area contributed by atoms with Crippen LogP contribution in [-0.2, 0) is 6.42 Å². The molecule has 3 N–H and O–H groups in total. The second-order valence-corrected chi connectivity index (χ2v) is 11.7. The van der Waals surface area contributed by atoms with Crippen molar-refractivity contribution < 1.29 is 9.90 Å². The summed E-state index contributed by atoms with van der Waals surface area (Å²) in [5.74, 6) is 0.273. The maximum absolute atomic E-state index is 11.9. The highest BCUT2D eigenvalue weighted by atomic mass is 16.3. The second kappa shape index (κ2) is 27.8. The van der Waals surface area contributed by atoms with Gasteiger partial charge < -0.3 is 15.7 Å². The van der Waals surface area contributed by atoms with Crippen molar-refractivity contribution in [1.29, 1.82) is 0 Å². The SMILES string of the molecule is CCCCCCCCCCCCCCCCCCCCCCCCCCNC(=O)NCCc1ccc(O)cc1. The van der Waals surface area contributed by atoms with Crippen LogP contribution in [0.25, 0.3) is 0 Å². The van der Waals surface area contributed by atoms with E-state index in [4.69, 9.17) is 0 Å². The van der Waals surface area contributed by atoms with Crippen molar-refractivity contribution in [2.75, 3.05) is 13.1 Å². The molecule has 1 aromatic rings. The maximum atomic E-state index is 11.9.